The predicted octanol–water partition coefficient (Wildman–Crippen LogP) is 3.58. The predicted molar refractivity (Wildman–Crippen MR) is 74.3 cm³/mol. The van der Waals surface area contributed by atoms with E-state index in [1.54, 1.807) is 0 Å². The monoisotopic (exact) mass is 300 g/mol. The summed E-state index contributed by atoms with van der Waals surface area (Å²) < 4.78 is 2.94. The first-order chi connectivity index (χ1) is 7.89. The SMILES string of the molecule is CCCn1cc(Br)cc1C(=O)NC(C)(C)CC. The number of rotatable bonds is 5. The molecule has 1 aromatic heterocycles. The molecule has 0 aliphatic rings. The van der Waals surface area contributed by atoms with Crippen LogP contribution in [0.4, 0.5) is 0 Å². The van der Waals surface area contributed by atoms with Crippen molar-refractivity contribution in [2.45, 2.75) is 52.6 Å². The summed E-state index contributed by atoms with van der Waals surface area (Å²) >= 11 is 3.42. The molecule has 1 aromatic rings. The fraction of sp³-hybridized carbons (Fsp3) is 0.615. The van der Waals surface area contributed by atoms with Crippen LogP contribution in [0.1, 0.15) is 51.0 Å². The Morgan fingerprint density at radius 2 is 2.12 bits per heavy atom. The van der Waals surface area contributed by atoms with Crippen molar-refractivity contribution in [3.05, 3.63) is 22.4 Å². The molecule has 3 nitrogen and oxygen atoms in total. The summed E-state index contributed by atoms with van der Waals surface area (Å²) in [7, 11) is 0. The van der Waals surface area contributed by atoms with Crippen molar-refractivity contribution in [2.75, 3.05) is 0 Å². The van der Waals surface area contributed by atoms with Crippen LogP contribution in [0.2, 0.25) is 0 Å². The van der Waals surface area contributed by atoms with E-state index in [1.807, 2.05) is 30.7 Å². The molecule has 0 saturated heterocycles. The number of aromatic nitrogens is 1. The number of hydrogen-bond donors (Lipinski definition) is 1. The van der Waals surface area contributed by atoms with Gasteiger partial charge in [-0.2, -0.15) is 0 Å². The molecule has 0 spiro atoms. The second kappa shape index (κ2) is 5.71. The average molecular weight is 301 g/mol. The maximum atomic E-state index is 12.2. The number of nitrogens with one attached hydrogen (secondary N) is 1. The number of carbonyl (C=O) groups is 1. The molecule has 1 N–H and O–H groups in total. The van der Waals surface area contributed by atoms with Crippen molar-refractivity contribution in [2.24, 2.45) is 0 Å². The molecule has 0 aromatic carbocycles. The normalized spacial score (nSPS) is 11.6. The summed E-state index contributed by atoms with van der Waals surface area (Å²) in [6.45, 7) is 9.11. The summed E-state index contributed by atoms with van der Waals surface area (Å²) in [6.07, 6.45) is 3.88. The first-order valence-corrected chi connectivity index (χ1v) is 6.87. The van der Waals surface area contributed by atoms with E-state index < -0.39 is 0 Å². The van der Waals surface area contributed by atoms with E-state index in [1.165, 1.54) is 0 Å². The van der Waals surface area contributed by atoms with Crippen LogP contribution in [0.5, 0.6) is 0 Å². The smallest absolute Gasteiger partial charge is 0.268 e. The van der Waals surface area contributed by atoms with Crippen LogP contribution >= 0.6 is 15.9 Å². The molecule has 0 atom stereocenters. The minimum atomic E-state index is -0.162. The zero-order valence-electron chi connectivity index (χ0n) is 11.0. The van der Waals surface area contributed by atoms with Gasteiger partial charge in [-0.15, -0.1) is 0 Å². The van der Waals surface area contributed by atoms with Crippen LogP contribution in [-0.2, 0) is 6.54 Å². The quantitative estimate of drug-likeness (QED) is 0.886. The lowest BCUT2D eigenvalue weighted by atomic mass is 10.0. The molecule has 4 heteroatoms. The van der Waals surface area contributed by atoms with Gasteiger partial charge in [-0.05, 0) is 48.7 Å². The van der Waals surface area contributed by atoms with Crippen LogP contribution in [0, 0.1) is 0 Å². The highest BCUT2D eigenvalue weighted by molar-refractivity contribution is 9.10. The average Bonchev–Trinajstić information content (AvgIpc) is 2.60. The molecule has 0 aliphatic carbocycles. The summed E-state index contributed by atoms with van der Waals surface area (Å²) in [5.41, 5.74) is 0.561. The third kappa shape index (κ3) is 3.87. The van der Waals surface area contributed by atoms with Crippen molar-refractivity contribution in [1.82, 2.24) is 9.88 Å². The van der Waals surface area contributed by atoms with E-state index in [9.17, 15) is 4.79 Å². The molecule has 0 unspecified atom stereocenters. The van der Waals surface area contributed by atoms with Gasteiger partial charge in [0, 0.05) is 22.8 Å². The van der Waals surface area contributed by atoms with Gasteiger partial charge in [0.05, 0.1) is 0 Å². The summed E-state index contributed by atoms with van der Waals surface area (Å²) in [5.74, 6) is -0.00370. The van der Waals surface area contributed by atoms with Crippen molar-refractivity contribution in [1.29, 1.82) is 0 Å². The van der Waals surface area contributed by atoms with Gasteiger partial charge in [0.15, 0.2) is 0 Å². The lowest BCUT2D eigenvalue weighted by Gasteiger charge is -2.24. The van der Waals surface area contributed by atoms with Gasteiger partial charge in [0.2, 0.25) is 0 Å². The van der Waals surface area contributed by atoms with Gasteiger partial charge >= 0.3 is 0 Å². The van der Waals surface area contributed by atoms with Crippen molar-refractivity contribution >= 4 is 21.8 Å². The molecule has 1 amide bonds. The molecular formula is C13H21BrN2O. The van der Waals surface area contributed by atoms with Gasteiger partial charge in [0.25, 0.3) is 5.91 Å². The van der Waals surface area contributed by atoms with E-state index >= 15 is 0 Å². The minimum Gasteiger partial charge on any atom is -0.346 e. The Morgan fingerprint density at radius 3 is 2.65 bits per heavy atom. The highest BCUT2D eigenvalue weighted by Crippen LogP contribution is 2.17. The number of carbonyl (C=O) groups excluding carboxylic acids is 1. The standard InChI is InChI=1S/C13H21BrN2O/c1-5-7-16-9-10(14)8-11(16)12(17)15-13(3,4)6-2/h8-9H,5-7H2,1-4H3,(H,15,17). The van der Waals surface area contributed by atoms with Crippen LogP contribution in [0.15, 0.2) is 16.7 Å². The summed E-state index contributed by atoms with van der Waals surface area (Å²) in [4.78, 5) is 12.2. The molecule has 1 rings (SSSR count). The Morgan fingerprint density at radius 1 is 1.47 bits per heavy atom. The maximum absolute atomic E-state index is 12.2. The van der Waals surface area contributed by atoms with Gasteiger partial charge in [-0.3, -0.25) is 4.79 Å². The zero-order valence-corrected chi connectivity index (χ0v) is 12.6. The molecule has 0 aliphatic heterocycles. The van der Waals surface area contributed by atoms with Gasteiger partial charge in [-0.25, -0.2) is 0 Å². The number of halogens is 1. The third-order valence-corrected chi connectivity index (χ3v) is 3.33. The van der Waals surface area contributed by atoms with E-state index in [4.69, 9.17) is 0 Å². The van der Waals surface area contributed by atoms with Crippen LogP contribution in [-0.4, -0.2) is 16.0 Å². The summed E-state index contributed by atoms with van der Waals surface area (Å²) in [5, 5.41) is 3.05. The molecule has 0 radical (unpaired) electrons. The largest absolute Gasteiger partial charge is 0.346 e. The van der Waals surface area contributed by atoms with Gasteiger partial charge in [-0.1, -0.05) is 13.8 Å². The third-order valence-electron chi connectivity index (χ3n) is 2.90. The topological polar surface area (TPSA) is 34.0 Å². The number of amides is 1. The van der Waals surface area contributed by atoms with Crippen LogP contribution < -0.4 is 5.32 Å². The lowest BCUT2D eigenvalue weighted by molar-refractivity contribution is 0.0901. The highest BCUT2D eigenvalue weighted by atomic mass is 79.9. The fourth-order valence-electron chi connectivity index (χ4n) is 1.55. The van der Waals surface area contributed by atoms with E-state index in [0.717, 1.165) is 29.6 Å². The second-order valence-electron chi connectivity index (χ2n) is 4.93. The van der Waals surface area contributed by atoms with E-state index in [-0.39, 0.29) is 11.4 Å². The van der Waals surface area contributed by atoms with Crippen molar-refractivity contribution < 1.29 is 4.79 Å². The van der Waals surface area contributed by atoms with Gasteiger partial charge < -0.3 is 9.88 Å². The van der Waals surface area contributed by atoms with Crippen LogP contribution in [0.3, 0.4) is 0 Å². The summed E-state index contributed by atoms with van der Waals surface area (Å²) in [6, 6.07) is 1.87. The first-order valence-electron chi connectivity index (χ1n) is 6.07. The lowest BCUT2D eigenvalue weighted by Crippen LogP contribution is -2.43. The minimum absolute atomic E-state index is 0.00370. The van der Waals surface area contributed by atoms with Crippen molar-refractivity contribution in [3.8, 4) is 0 Å². The first kappa shape index (κ1) is 14.3. The molecular weight excluding hydrogens is 280 g/mol. The zero-order chi connectivity index (χ0) is 13.1. The Labute approximate surface area is 112 Å². The van der Waals surface area contributed by atoms with E-state index in [2.05, 4.69) is 35.1 Å². The molecule has 0 fully saturated rings. The van der Waals surface area contributed by atoms with Gasteiger partial charge in [0.1, 0.15) is 5.69 Å². The number of aryl methyl sites for hydroxylation is 1. The Kier molecular flexibility index (Phi) is 4.80. The molecule has 0 bridgehead atoms. The van der Waals surface area contributed by atoms with Crippen molar-refractivity contribution in [3.63, 3.8) is 0 Å². The number of hydrogen-bond acceptors (Lipinski definition) is 1. The fourth-order valence-corrected chi connectivity index (χ4v) is 2.01. The van der Waals surface area contributed by atoms with Crippen LogP contribution in [0.25, 0.3) is 0 Å². The molecule has 17 heavy (non-hydrogen) atoms. The second-order valence-corrected chi connectivity index (χ2v) is 5.84. The Bertz CT molecular complexity index is 396. The van der Waals surface area contributed by atoms with E-state index in [0.29, 0.717) is 0 Å². The molecule has 96 valence electrons. The Hall–Kier alpha value is -0.770. The Balaban J connectivity index is 2.88. The molecule has 1 heterocycles. The maximum Gasteiger partial charge on any atom is 0.268 e. The highest BCUT2D eigenvalue weighted by Gasteiger charge is 2.21. The molecule has 0 saturated carbocycles. The number of nitrogens with zero attached hydrogens (tertiary/aromatic N) is 1.